The van der Waals surface area contributed by atoms with Crippen LogP contribution in [0.5, 0.6) is 0 Å². The van der Waals surface area contributed by atoms with E-state index in [1.54, 1.807) is 12.1 Å². The van der Waals surface area contributed by atoms with Gasteiger partial charge < -0.3 is 4.90 Å². The fraction of sp³-hybridized carbons (Fsp3) is 0.304. The molecule has 2 aromatic carbocycles. The minimum atomic E-state index is -3.80. The lowest BCUT2D eigenvalue weighted by atomic mass is 9.97. The van der Waals surface area contributed by atoms with Gasteiger partial charge in [0.2, 0.25) is 0 Å². The average molecular weight is 455 g/mol. The third kappa shape index (κ3) is 3.88. The highest BCUT2D eigenvalue weighted by atomic mass is 35.5. The number of anilines is 2. The van der Waals surface area contributed by atoms with E-state index in [1.807, 2.05) is 29.2 Å². The molecule has 160 valence electrons. The lowest BCUT2D eigenvalue weighted by Crippen LogP contribution is -2.36. The van der Waals surface area contributed by atoms with Crippen LogP contribution < -0.4 is 9.21 Å². The maximum atomic E-state index is 13.5. The summed E-state index contributed by atoms with van der Waals surface area (Å²) in [6, 6.07) is 13.8. The number of halogens is 1. The maximum absolute atomic E-state index is 13.5. The molecule has 0 spiro atoms. The van der Waals surface area contributed by atoms with Crippen molar-refractivity contribution >= 4 is 44.3 Å². The van der Waals surface area contributed by atoms with Crippen LogP contribution >= 0.6 is 11.6 Å². The van der Waals surface area contributed by atoms with Crippen LogP contribution in [0.2, 0.25) is 5.02 Å². The highest BCUT2D eigenvalue weighted by Gasteiger charge is 2.37. The van der Waals surface area contributed by atoms with Crippen molar-refractivity contribution in [3.63, 3.8) is 0 Å². The van der Waals surface area contributed by atoms with E-state index < -0.39 is 10.0 Å². The van der Waals surface area contributed by atoms with Gasteiger partial charge in [-0.2, -0.15) is 0 Å². The minimum Gasteiger partial charge on any atom is -0.334 e. The summed E-state index contributed by atoms with van der Waals surface area (Å²) in [7, 11) is -3.80. The summed E-state index contributed by atoms with van der Waals surface area (Å²) < 4.78 is 28.3. The molecule has 0 N–H and O–H groups in total. The first-order valence-corrected chi connectivity index (χ1v) is 12.3. The normalized spacial score (nSPS) is 16.5. The van der Waals surface area contributed by atoms with Gasteiger partial charge in [0.25, 0.3) is 10.0 Å². The molecule has 0 amide bonds. The van der Waals surface area contributed by atoms with E-state index in [2.05, 4.69) is 6.08 Å². The Morgan fingerprint density at radius 2 is 1.65 bits per heavy atom. The van der Waals surface area contributed by atoms with E-state index in [4.69, 9.17) is 21.6 Å². The Hall–Kier alpha value is -2.64. The molecule has 0 atom stereocenters. The van der Waals surface area contributed by atoms with Gasteiger partial charge in [-0.15, -0.1) is 0 Å². The zero-order valence-electron chi connectivity index (χ0n) is 17.0. The number of nitrogens with zero attached hydrogens (tertiary/aromatic N) is 4. The number of fused-ring (bicyclic) bond motifs is 2. The summed E-state index contributed by atoms with van der Waals surface area (Å²) >= 11 is 5.96. The monoisotopic (exact) mass is 454 g/mol. The molecule has 0 saturated carbocycles. The minimum absolute atomic E-state index is 0.189. The number of sulfonamides is 1. The molecule has 5 rings (SSSR count). The Morgan fingerprint density at radius 1 is 0.935 bits per heavy atom. The van der Waals surface area contributed by atoms with Crippen LogP contribution in [0.25, 0.3) is 11.0 Å². The number of para-hydroxylation sites is 2. The fourth-order valence-corrected chi connectivity index (χ4v) is 5.66. The van der Waals surface area contributed by atoms with Crippen molar-refractivity contribution in [1.29, 1.82) is 0 Å². The van der Waals surface area contributed by atoms with Crippen LogP contribution in [0.3, 0.4) is 0 Å². The smallest absolute Gasteiger partial charge is 0.267 e. The lowest BCUT2D eigenvalue weighted by Gasteiger charge is -2.22. The van der Waals surface area contributed by atoms with Crippen LogP contribution in [-0.2, 0) is 10.0 Å². The Kier molecular flexibility index (Phi) is 5.32. The van der Waals surface area contributed by atoms with Gasteiger partial charge in [0, 0.05) is 11.6 Å². The molecule has 0 radical (unpaired) electrons. The van der Waals surface area contributed by atoms with E-state index >= 15 is 0 Å². The Morgan fingerprint density at radius 3 is 2.32 bits per heavy atom. The van der Waals surface area contributed by atoms with E-state index in [0.29, 0.717) is 28.7 Å². The van der Waals surface area contributed by atoms with Gasteiger partial charge in [-0.25, -0.2) is 22.7 Å². The molecule has 1 aromatic heterocycles. The topological polar surface area (TPSA) is 66.4 Å². The molecule has 8 heteroatoms. The molecule has 0 fully saturated rings. The van der Waals surface area contributed by atoms with Crippen molar-refractivity contribution in [1.82, 2.24) is 9.97 Å². The van der Waals surface area contributed by atoms with E-state index in [1.165, 1.54) is 34.9 Å². The number of rotatable bonds is 5. The second-order valence-corrected chi connectivity index (χ2v) is 10.2. The van der Waals surface area contributed by atoms with Crippen LogP contribution in [0.1, 0.15) is 32.1 Å². The van der Waals surface area contributed by atoms with E-state index in [9.17, 15) is 8.42 Å². The van der Waals surface area contributed by atoms with Crippen molar-refractivity contribution in [3.05, 3.63) is 65.2 Å². The van der Waals surface area contributed by atoms with Gasteiger partial charge in [0.1, 0.15) is 6.67 Å². The molecule has 1 aliphatic carbocycles. The second kappa shape index (κ2) is 8.13. The first-order chi connectivity index (χ1) is 15.0. The summed E-state index contributed by atoms with van der Waals surface area (Å²) in [6.07, 6.45) is 7.96. The summed E-state index contributed by atoms with van der Waals surface area (Å²) in [5.74, 6) is 0.999. The van der Waals surface area contributed by atoms with Crippen molar-refractivity contribution in [2.45, 2.75) is 37.0 Å². The third-order valence-electron chi connectivity index (χ3n) is 5.86. The predicted molar refractivity (Wildman–Crippen MR) is 124 cm³/mol. The van der Waals surface area contributed by atoms with E-state index in [-0.39, 0.29) is 11.6 Å². The molecule has 0 unspecified atom stereocenters. The van der Waals surface area contributed by atoms with Crippen molar-refractivity contribution in [2.24, 2.45) is 0 Å². The van der Waals surface area contributed by atoms with Crippen LogP contribution in [0, 0.1) is 0 Å². The molecule has 0 saturated heterocycles. The Labute approximate surface area is 187 Å². The predicted octanol–water partition coefficient (Wildman–Crippen LogP) is 5.15. The number of benzene rings is 2. The van der Waals surface area contributed by atoms with Crippen molar-refractivity contribution < 1.29 is 8.42 Å². The molecule has 0 bridgehead atoms. The number of hydrogen-bond acceptors (Lipinski definition) is 5. The molecule has 31 heavy (non-hydrogen) atoms. The van der Waals surface area contributed by atoms with Gasteiger partial charge in [-0.3, -0.25) is 0 Å². The molecule has 3 aromatic rings. The molecule has 1 aliphatic heterocycles. The molecular weight excluding hydrogens is 432 g/mol. The number of hydrogen-bond donors (Lipinski definition) is 0. The van der Waals surface area contributed by atoms with Crippen LogP contribution in [0.15, 0.2) is 65.1 Å². The average Bonchev–Trinajstić information content (AvgIpc) is 3.15. The summed E-state index contributed by atoms with van der Waals surface area (Å²) in [5, 5.41) is 0.494. The highest BCUT2D eigenvalue weighted by Crippen LogP contribution is 2.38. The van der Waals surface area contributed by atoms with Crippen molar-refractivity contribution in [2.75, 3.05) is 22.4 Å². The molecule has 6 nitrogen and oxygen atoms in total. The molecular formula is C23H23ClN4O2S. The van der Waals surface area contributed by atoms with Crippen LogP contribution in [0.4, 0.5) is 11.6 Å². The third-order valence-corrected chi connectivity index (χ3v) is 7.85. The van der Waals surface area contributed by atoms with Gasteiger partial charge in [0.15, 0.2) is 11.6 Å². The largest absolute Gasteiger partial charge is 0.334 e. The fourth-order valence-electron chi connectivity index (χ4n) is 4.16. The maximum Gasteiger partial charge on any atom is 0.267 e. The van der Waals surface area contributed by atoms with Gasteiger partial charge >= 0.3 is 0 Å². The van der Waals surface area contributed by atoms with Crippen molar-refractivity contribution in [3.8, 4) is 0 Å². The quantitative estimate of drug-likeness (QED) is 0.499. The van der Waals surface area contributed by atoms with E-state index in [0.717, 1.165) is 24.8 Å². The highest BCUT2D eigenvalue weighted by molar-refractivity contribution is 7.92. The number of allylic oxidation sites excluding steroid dienone is 1. The Balaban J connectivity index is 1.53. The first-order valence-electron chi connectivity index (χ1n) is 10.5. The number of aromatic nitrogens is 2. The summed E-state index contributed by atoms with van der Waals surface area (Å²) in [5.41, 5.74) is 2.88. The first kappa shape index (κ1) is 20.3. The SMILES string of the molecule is O=S(=O)(c1ccc(Cl)cc1)N1CN(CCC2=CCCCC2)c2nc3ccccc3nc21. The summed E-state index contributed by atoms with van der Waals surface area (Å²) in [6.45, 7) is 0.905. The molecule has 2 aliphatic rings. The molecule has 2 heterocycles. The Bertz CT molecular complexity index is 1260. The van der Waals surface area contributed by atoms with Gasteiger partial charge in [-0.05, 0) is 68.5 Å². The second-order valence-electron chi connectivity index (χ2n) is 7.93. The summed E-state index contributed by atoms with van der Waals surface area (Å²) in [4.78, 5) is 11.7. The van der Waals surface area contributed by atoms with Crippen LogP contribution in [-0.4, -0.2) is 31.6 Å². The lowest BCUT2D eigenvalue weighted by molar-refractivity contribution is 0.590. The van der Waals surface area contributed by atoms with Gasteiger partial charge in [0.05, 0.1) is 15.9 Å². The van der Waals surface area contributed by atoms with Gasteiger partial charge in [-0.1, -0.05) is 35.4 Å². The zero-order valence-corrected chi connectivity index (χ0v) is 18.6. The zero-order chi connectivity index (χ0) is 21.4. The standard InChI is InChI=1S/C23H23ClN4O2S/c24-18-10-12-19(13-11-18)31(29,30)28-16-27(15-14-17-6-2-1-3-7-17)22-23(28)26-21-9-5-4-8-20(21)25-22/h4-6,8-13H,1-3,7,14-16H2.